The monoisotopic (exact) mass is 339 g/mol. The number of nitrogens with one attached hydrogen (secondary N) is 1. The SMILES string of the molecule is CC1(C)[C@H](C(=O)O)[C@@H]1C(=O)Nc1cccc2c1N=[Se]=N2. The average molecular weight is 338 g/mol. The van der Waals surface area contributed by atoms with Gasteiger partial charge in [-0.15, -0.1) is 0 Å². The first-order chi connectivity index (χ1) is 9.43. The van der Waals surface area contributed by atoms with Crippen LogP contribution in [0.4, 0.5) is 17.1 Å². The molecule has 1 aromatic rings. The predicted molar refractivity (Wildman–Crippen MR) is 73.4 cm³/mol. The van der Waals surface area contributed by atoms with Crippen LogP contribution in [0.25, 0.3) is 0 Å². The van der Waals surface area contributed by atoms with Crippen molar-refractivity contribution < 1.29 is 14.7 Å². The summed E-state index contributed by atoms with van der Waals surface area (Å²) in [6.07, 6.45) is 0. The Balaban J connectivity index is 1.81. The standard InChI is InChI=1S/C13H13N3O3Se/c1-13(2)8(9(13)12(18)19)11(17)14-6-4-3-5-7-10(6)16-20-15-7/h3-5,8-9H,1-2H3,(H,14,17)(H,18,19)/t8-,9+/m1/s1. The molecule has 2 atom stereocenters. The van der Waals surface area contributed by atoms with E-state index in [0.29, 0.717) is 11.4 Å². The number of anilines is 1. The number of nitrogens with zero attached hydrogens (tertiary/aromatic N) is 2. The van der Waals surface area contributed by atoms with Gasteiger partial charge >= 0.3 is 121 Å². The van der Waals surface area contributed by atoms with Crippen molar-refractivity contribution in [2.45, 2.75) is 13.8 Å². The molecule has 6 nitrogen and oxygen atoms in total. The van der Waals surface area contributed by atoms with Crippen molar-refractivity contribution in [2.75, 3.05) is 5.32 Å². The fourth-order valence-electron chi connectivity index (χ4n) is 2.71. The van der Waals surface area contributed by atoms with E-state index in [-0.39, 0.29) is 20.5 Å². The number of amides is 1. The number of benzene rings is 1. The number of hydrogen-bond acceptors (Lipinski definition) is 4. The molecule has 0 radical (unpaired) electrons. The van der Waals surface area contributed by atoms with Crippen LogP contribution in [0.2, 0.25) is 0 Å². The zero-order valence-corrected chi connectivity index (χ0v) is 12.7. The Hall–Kier alpha value is -1.72. The van der Waals surface area contributed by atoms with Crippen molar-refractivity contribution in [1.82, 2.24) is 0 Å². The second-order valence-electron chi connectivity index (χ2n) is 5.54. The Morgan fingerprint density at radius 2 is 2.05 bits per heavy atom. The van der Waals surface area contributed by atoms with Crippen molar-refractivity contribution in [1.29, 1.82) is 0 Å². The van der Waals surface area contributed by atoms with E-state index in [4.69, 9.17) is 5.11 Å². The second kappa shape index (κ2) is 4.39. The number of carbonyl (C=O) groups excluding carboxylic acids is 1. The molecule has 20 heavy (non-hydrogen) atoms. The Morgan fingerprint density at radius 1 is 1.30 bits per heavy atom. The van der Waals surface area contributed by atoms with Crippen LogP contribution in [-0.4, -0.2) is 31.6 Å². The molecular weight excluding hydrogens is 325 g/mol. The number of carbonyl (C=O) groups is 2. The maximum atomic E-state index is 12.3. The third-order valence-corrected chi connectivity index (χ3v) is 5.06. The van der Waals surface area contributed by atoms with Gasteiger partial charge in [0, 0.05) is 0 Å². The van der Waals surface area contributed by atoms with Gasteiger partial charge in [-0.3, -0.25) is 0 Å². The van der Waals surface area contributed by atoms with Crippen LogP contribution < -0.4 is 5.32 Å². The van der Waals surface area contributed by atoms with Crippen molar-refractivity contribution in [3.05, 3.63) is 18.2 Å². The van der Waals surface area contributed by atoms with Crippen LogP contribution >= 0.6 is 0 Å². The van der Waals surface area contributed by atoms with E-state index in [1.54, 1.807) is 19.9 Å². The van der Waals surface area contributed by atoms with Crippen LogP contribution in [0, 0.1) is 17.3 Å². The normalized spacial score (nSPS) is 24.7. The molecule has 7 heteroatoms. The van der Waals surface area contributed by atoms with Crippen LogP contribution in [0.1, 0.15) is 13.8 Å². The van der Waals surface area contributed by atoms with Crippen molar-refractivity contribution >= 4 is 43.5 Å². The Bertz CT molecular complexity index is 692. The van der Waals surface area contributed by atoms with Crippen molar-refractivity contribution in [2.24, 2.45) is 25.2 Å². The molecule has 2 aliphatic rings. The molecule has 1 saturated carbocycles. The van der Waals surface area contributed by atoms with Crippen LogP contribution in [0.3, 0.4) is 0 Å². The van der Waals surface area contributed by atoms with Crippen molar-refractivity contribution in [3.63, 3.8) is 0 Å². The fourth-order valence-corrected chi connectivity index (χ4v) is 3.86. The van der Waals surface area contributed by atoms with Crippen LogP contribution in [0.15, 0.2) is 26.1 Å². The first-order valence-corrected chi connectivity index (χ1v) is 7.71. The van der Waals surface area contributed by atoms with Gasteiger partial charge < -0.3 is 0 Å². The van der Waals surface area contributed by atoms with E-state index >= 15 is 0 Å². The summed E-state index contributed by atoms with van der Waals surface area (Å²) in [4.78, 5) is 23.4. The minimum absolute atomic E-state index is 0.161. The van der Waals surface area contributed by atoms with Gasteiger partial charge in [0.05, 0.1) is 0 Å². The molecule has 104 valence electrons. The number of carboxylic acid groups (broad SMARTS) is 1. The summed E-state index contributed by atoms with van der Waals surface area (Å²) in [5.74, 6) is -2.30. The zero-order valence-electron chi connectivity index (χ0n) is 11.0. The van der Waals surface area contributed by atoms with Crippen LogP contribution in [-0.2, 0) is 9.59 Å². The molecule has 1 aromatic carbocycles. The van der Waals surface area contributed by atoms with Gasteiger partial charge in [-0.25, -0.2) is 0 Å². The van der Waals surface area contributed by atoms with E-state index in [2.05, 4.69) is 13.2 Å². The molecule has 1 amide bonds. The molecule has 0 aromatic heterocycles. The molecule has 0 spiro atoms. The summed E-state index contributed by atoms with van der Waals surface area (Å²) < 4.78 is 8.54. The first kappa shape index (κ1) is 13.3. The van der Waals surface area contributed by atoms with E-state index in [0.717, 1.165) is 5.69 Å². The summed E-state index contributed by atoms with van der Waals surface area (Å²) in [7, 11) is 0. The predicted octanol–water partition coefficient (Wildman–Crippen LogP) is 2.33. The molecule has 0 unspecified atom stereocenters. The van der Waals surface area contributed by atoms with Crippen LogP contribution in [0.5, 0.6) is 0 Å². The topological polar surface area (TPSA) is 91.1 Å². The van der Waals surface area contributed by atoms with Gasteiger partial charge in [0.1, 0.15) is 0 Å². The third-order valence-electron chi connectivity index (χ3n) is 3.92. The van der Waals surface area contributed by atoms with Gasteiger partial charge in [0.2, 0.25) is 0 Å². The van der Waals surface area contributed by atoms with Gasteiger partial charge in [-0.2, -0.15) is 0 Å². The molecule has 0 saturated heterocycles. The van der Waals surface area contributed by atoms with Crippen molar-refractivity contribution in [3.8, 4) is 0 Å². The number of hydrogen-bond donors (Lipinski definition) is 2. The summed E-state index contributed by atoms with van der Waals surface area (Å²) in [6, 6.07) is 5.42. The molecule has 1 aliphatic carbocycles. The van der Waals surface area contributed by atoms with Gasteiger partial charge in [-0.05, 0) is 0 Å². The molecule has 1 heterocycles. The number of carboxylic acids is 1. The molecule has 1 fully saturated rings. The molecule has 2 N–H and O–H groups in total. The average Bonchev–Trinajstić information content (AvgIpc) is 2.73. The van der Waals surface area contributed by atoms with Gasteiger partial charge in [-0.1, -0.05) is 0 Å². The minimum atomic E-state index is -0.920. The van der Waals surface area contributed by atoms with E-state index in [1.807, 2.05) is 12.1 Å². The number of fused-ring (bicyclic) bond motifs is 1. The zero-order chi connectivity index (χ0) is 14.5. The Labute approximate surface area is 121 Å². The first-order valence-electron chi connectivity index (χ1n) is 6.18. The summed E-state index contributed by atoms with van der Waals surface area (Å²) in [6.45, 7) is 3.60. The van der Waals surface area contributed by atoms with Gasteiger partial charge in [0.15, 0.2) is 0 Å². The maximum absolute atomic E-state index is 12.3. The molecule has 3 rings (SSSR count). The number of rotatable bonds is 3. The third kappa shape index (κ3) is 1.94. The van der Waals surface area contributed by atoms with E-state index < -0.39 is 23.2 Å². The quantitative estimate of drug-likeness (QED) is 0.842. The Morgan fingerprint density at radius 3 is 2.70 bits per heavy atom. The van der Waals surface area contributed by atoms with E-state index in [1.165, 1.54) is 0 Å². The summed E-state index contributed by atoms with van der Waals surface area (Å²) in [5, 5.41) is 11.9. The molecule has 0 bridgehead atoms. The molecule has 1 aliphatic heterocycles. The van der Waals surface area contributed by atoms with E-state index in [9.17, 15) is 9.59 Å². The molecular formula is C13H13N3O3Se. The fraction of sp³-hybridized carbons (Fsp3) is 0.385. The summed E-state index contributed by atoms with van der Waals surface area (Å²) >= 11 is -0.161. The summed E-state index contributed by atoms with van der Waals surface area (Å²) in [5.41, 5.74) is 1.60. The van der Waals surface area contributed by atoms with Gasteiger partial charge in [0.25, 0.3) is 0 Å². The number of aliphatic carboxylic acids is 1. The second-order valence-corrected chi connectivity index (χ2v) is 6.65. The Kier molecular flexibility index (Phi) is 2.92.